The fourth-order valence-electron chi connectivity index (χ4n) is 3.33. The molecule has 0 radical (unpaired) electrons. The molecule has 1 aliphatic rings. The van der Waals surface area contributed by atoms with Gasteiger partial charge in [0.25, 0.3) is 5.91 Å². The van der Waals surface area contributed by atoms with Gasteiger partial charge in [-0.15, -0.1) is 12.4 Å². The smallest absolute Gasteiger partial charge is 0.422 e. The van der Waals surface area contributed by atoms with Crippen LogP contribution in [0.2, 0.25) is 0 Å². The molecule has 0 unspecified atom stereocenters. The molecule has 1 aliphatic heterocycles. The van der Waals surface area contributed by atoms with Gasteiger partial charge >= 0.3 is 6.09 Å². The van der Waals surface area contributed by atoms with Crippen molar-refractivity contribution < 1.29 is 19.1 Å². The van der Waals surface area contributed by atoms with Crippen LogP contribution in [0.4, 0.5) is 4.79 Å². The van der Waals surface area contributed by atoms with E-state index in [9.17, 15) is 9.59 Å². The first kappa shape index (κ1) is 22.4. The summed E-state index contributed by atoms with van der Waals surface area (Å²) < 4.78 is 12.8. The highest BCUT2D eigenvalue weighted by molar-refractivity contribution is 6.07. The Labute approximate surface area is 186 Å². The van der Waals surface area contributed by atoms with Crippen LogP contribution < -0.4 is 4.74 Å². The van der Waals surface area contributed by atoms with Crippen LogP contribution in [0.3, 0.4) is 0 Å². The van der Waals surface area contributed by atoms with E-state index < -0.39 is 6.09 Å². The topological polar surface area (TPSA) is 73.1 Å². The van der Waals surface area contributed by atoms with Crippen molar-refractivity contribution in [2.75, 3.05) is 13.2 Å². The van der Waals surface area contributed by atoms with E-state index in [0.717, 1.165) is 17.0 Å². The second-order valence-corrected chi connectivity index (χ2v) is 7.00. The largest absolute Gasteiger partial charge is 0.490 e. The lowest BCUT2D eigenvalue weighted by molar-refractivity contribution is -0.123. The monoisotopic (exact) mass is 441 g/mol. The predicted molar refractivity (Wildman–Crippen MR) is 118 cm³/mol. The molecule has 162 valence electrons. The Morgan fingerprint density at radius 3 is 2.71 bits per heavy atom. The molecule has 2 amide bonds. The van der Waals surface area contributed by atoms with Crippen molar-refractivity contribution in [2.24, 2.45) is 0 Å². The summed E-state index contributed by atoms with van der Waals surface area (Å²) in [6.45, 7) is 0.786. The van der Waals surface area contributed by atoms with E-state index in [4.69, 9.17) is 9.47 Å². The number of aryl methyl sites for hydroxylation is 1. The molecule has 1 aromatic carbocycles. The standard InChI is InChI=1S/C23H23N3O4.ClH/c27-22-20(11-6-10-18-8-2-1-3-9-18)30-23(28)26(22)15-4-5-17-29-19-12-7-14-25-16-13-24-21(19)25;/h1-3,7-9,11-14,16H,4-6,10,15,17H2;1H/b20-11+;. The SMILES string of the molecule is Cl.O=C1O/C(=C/CCc2ccccc2)C(=O)N1CCCCOc1cccn2ccnc12. The molecule has 4 rings (SSSR count). The molecule has 0 atom stereocenters. The third kappa shape index (κ3) is 5.44. The number of hydrogen-bond donors (Lipinski definition) is 0. The molecular weight excluding hydrogens is 418 g/mol. The van der Waals surface area contributed by atoms with Gasteiger partial charge in [0, 0.05) is 25.1 Å². The number of nitrogens with zero attached hydrogens (tertiary/aromatic N) is 3. The number of cyclic esters (lactones) is 1. The normalized spacial score (nSPS) is 14.7. The Hall–Kier alpha value is -3.32. The quantitative estimate of drug-likeness (QED) is 0.363. The van der Waals surface area contributed by atoms with Crippen LogP contribution >= 0.6 is 12.4 Å². The number of imide groups is 1. The fraction of sp³-hybridized carbons (Fsp3) is 0.261. The van der Waals surface area contributed by atoms with Gasteiger partial charge in [0.1, 0.15) is 0 Å². The predicted octanol–water partition coefficient (Wildman–Crippen LogP) is 4.41. The molecule has 31 heavy (non-hydrogen) atoms. The average molecular weight is 442 g/mol. The summed E-state index contributed by atoms with van der Waals surface area (Å²) in [6, 6.07) is 13.7. The minimum absolute atomic E-state index is 0. The minimum atomic E-state index is -0.603. The van der Waals surface area contributed by atoms with Gasteiger partial charge in [0.15, 0.2) is 17.2 Å². The van der Waals surface area contributed by atoms with Gasteiger partial charge < -0.3 is 13.9 Å². The van der Waals surface area contributed by atoms with Crippen molar-refractivity contribution in [1.82, 2.24) is 14.3 Å². The first-order chi connectivity index (χ1) is 14.7. The van der Waals surface area contributed by atoms with E-state index in [1.807, 2.05) is 59.3 Å². The molecule has 2 aromatic heterocycles. The zero-order chi connectivity index (χ0) is 20.8. The number of ether oxygens (including phenoxy) is 2. The molecule has 0 bridgehead atoms. The molecule has 0 aliphatic carbocycles. The Balaban J connectivity index is 0.00000272. The molecule has 7 nitrogen and oxygen atoms in total. The first-order valence-electron chi connectivity index (χ1n) is 10.0. The van der Waals surface area contributed by atoms with Crippen LogP contribution in [0.5, 0.6) is 5.75 Å². The summed E-state index contributed by atoms with van der Waals surface area (Å²) in [5.74, 6) is 0.470. The second kappa shape index (κ2) is 10.6. The van der Waals surface area contributed by atoms with Crippen LogP contribution in [0.1, 0.15) is 24.8 Å². The minimum Gasteiger partial charge on any atom is -0.490 e. The highest BCUT2D eigenvalue weighted by Gasteiger charge is 2.35. The molecular formula is C23H24ClN3O4. The van der Waals surface area contributed by atoms with Crippen molar-refractivity contribution in [3.8, 4) is 5.75 Å². The number of benzene rings is 1. The molecule has 1 fully saturated rings. The van der Waals surface area contributed by atoms with Crippen LogP contribution in [-0.2, 0) is 16.0 Å². The third-order valence-corrected chi connectivity index (χ3v) is 4.90. The van der Waals surface area contributed by atoms with Crippen LogP contribution in [0.25, 0.3) is 5.65 Å². The average Bonchev–Trinajstić information content (AvgIpc) is 3.34. The summed E-state index contributed by atoms with van der Waals surface area (Å²) in [6.07, 6.45) is 9.34. The summed E-state index contributed by atoms with van der Waals surface area (Å²) in [4.78, 5) is 29.9. The zero-order valence-corrected chi connectivity index (χ0v) is 17.8. The van der Waals surface area contributed by atoms with Gasteiger partial charge in [-0.25, -0.2) is 14.7 Å². The Morgan fingerprint density at radius 2 is 1.87 bits per heavy atom. The molecule has 0 spiro atoms. The van der Waals surface area contributed by atoms with Gasteiger partial charge in [0.2, 0.25) is 0 Å². The number of hydrogen-bond acceptors (Lipinski definition) is 5. The second-order valence-electron chi connectivity index (χ2n) is 7.00. The van der Waals surface area contributed by atoms with Crippen LogP contribution in [0, 0.1) is 0 Å². The van der Waals surface area contributed by atoms with Crippen LogP contribution in [0.15, 0.2) is 72.9 Å². The number of carbonyl (C=O) groups excluding carboxylic acids is 2. The molecule has 3 aromatic rings. The number of unbranched alkanes of at least 4 members (excludes halogenated alkanes) is 1. The van der Waals surface area contributed by atoms with Gasteiger partial charge in [-0.2, -0.15) is 0 Å². The van der Waals surface area contributed by atoms with E-state index in [1.165, 1.54) is 5.56 Å². The Bertz CT molecular complexity index is 1060. The maximum absolute atomic E-state index is 12.4. The lowest BCUT2D eigenvalue weighted by Gasteiger charge is -2.11. The number of imidazole rings is 1. The zero-order valence-electron chi connectivity index (χ0n) is 17.0. The summed E-state index contributed by atoms with van der Waals surface area (Å²) in [5.41, 5.74) is 1.94. The maximum Gasteiger partial charge on any atom is 0.422 e. The Morgan fingerprint density at radius 1 is 1.03 bits per heavy atom. The lowest BCUT2D eigenvalue weighted by Crippen LogP contribution is -2.30. The van der Waals surface area contributed by atoms with E-state index in [0.29, 0.717) is 38.2 Å². The van der Waals surface area contributed by atoms with E-state index in [2.05, 4.69) is 4.98 Å². The number of fused-ring (bicyclic) bond motifs is 1. The number of aromatic nitrogens is 2. The van der Waals surface area contributed by atoms with Gasteiger partial charge in [-0.05, 0) is 49.5 Å². The lowest BCUT2D eigenvalue weighted by atomic mass is 10.1. The highest BCUT2D eigenvalue weighted by atomic mass is 35.5. The van der Waals surface area contributed by atoms with Crippen LogP contribution in [-0.4, -0.2) is 39.4 Å². The van der Waals surface area contributed by atoms with Crippen molar-refractivity contribution in [1.29, 1.82) is 0 Å². The Kier molecular flexibility index (Phi) is 7.67. The number of carbonyl (C=O) groups is 2. The van der Waals surface area contributed by atoms with E-state index in [-0.39, 0.29) is 24.1 Å². The number of rotatable bonds is 9. The third-order valence-electron chi connectivity index (χ3n) is 4.90. The van der Waals surface area contributed by atoms with Gasteiger partial charge in [-0.1, -0.05) is 30.3 Å². The van der Waals surface area contributed by atoms with Crippen molar-refractivity contribution in [2.45, 2.75) is 25.7 Å². The number of allylic oxidation sites excluding steroid dienone is 1. The number of halogens is 1. The molecule has 8 heteroatoms. The summed E-state index contributed by atoms with van der Waals surface area (Å²) in [5, 5.41) is 0. The van der Waals surface area contributed by atoms with E-state index >= 15 is 0 Å². The molecule has 0 saturated carbocycles. The van der Waals surface area contributed by atoms with Gasteiger partial charge in [-0.3, -0.25) is 4.79 Å². The van der Waals surface area contributed by atoms with Crippen molar-refractivity contribution in [3.05, 3.63) is 78.5 Å². The first-order valence-corrected chi connectivity index (χ1v) is 10.0. The fourth-order valence-corrected chi connectivity index (χ4v) is 3.33. The van der Waals surface area contributed by atoms with Crippen molar-refractivity contribution in [3.63, 3.8) is 0 Å². The molecule has 0 N–H and O–H groups in total. The highest BCUT2D eigenvalue weighted by Crippen LogP contribution is 2.20. The molecule has 1 saturated heterocycles. The summed E-state index contributed by atoms with van der Waals surface area (Å²) >= 11 is 0. The summed E-state index contributed by atoms with van der Waals surface area (Å²) in [7, 11) is 0. The number of amides is 2. The van der Waals surface area contributed by atoms with Crippen molar-refractivity contribution >= 4 is 30.1 Å². The van der Waals surface area contributed by atoms with E-state index in [1.54, 1.807) is 12.3 Å². The maximum atomic E-state index is 12.4. The number of pyridine rings is 1. The van der Waals surface area contributed by atoms with Gasteiger partial charge in [0.05, 0.1) is 6.61 Å². The molecule has 3 heterocycles.